The van der Waals surface area contributed by atoms with E-state index in [4.69, 9.17) is 9.47 Å². The van der Waals surface area contributed by atoms with Gasteiger partial charge in [-0.15, -0.1) is 0 Å². The van der Waals surface area contributed by atoms with Crippen LogP contribution in [0.1, 0.15) is 5.56 Å². The zero-order chi connectivity index (χ0) is 18.4. The van der Waals surface area contributed by atoms with Crippen molar-refractivity contribution in [2.24, 2.45) is 0 Å². The summed E-state index contributed by atoms with van der Waals surface area (Å²) >= 11 is 0. The van der Waals surface area contributed by atoms with Crippen molar-refractivity contribution in [3.8, 4) is 5.75 Å². The van der Waals surface area contributed by atoms with Crippen molar-refractivity contribution < 1.29 is 23.8 Å². The van der Waals surface area contributed by atoms with Gasteiger partial charge in [0.2, 0.25) is 0 Å². The molecule has 0 aromatic heterocycles. The van der Waals surface area contributed by atoms with Crippen molar-refractivity contribution in [2.45, 2.75) is 12.0 Å². The van der Waals surface area contributed by atoms with E-state index in [0.717, 1.165) is 5.56 Å². The van der Waals surface area contributed by atoms with E-state index in [2.05, 4.69) is 0 Å². The highest BCUT2D eigenvalue weighted by molar-refractivity contribution is 5.78. The van der Waals surface area contributed by atoms with Crippen molar-refractivity contribution in [1.29, 1.82) is 0 Å². The van der Waals surface area contributed by atoms with E-state index < -0.39 is 5.60 Å². The van der Waals surface area contributed by atoms with Crippen LogP contribution >= 0.6 is 0 Å². The second-order valence-corrected chi connectivity index (χ2v) is 6.41. The fourth-order valence-electron chi connectivity index (χ4n) is 3.04. The first-order valence-corrected chi connectivity index (χ1v) is 8.55. The molecule has 1 fully saturated rings. The van der Waals surface area contributed by atoms with E-state index in [9.17, 15) is 14.3 Å². The highest BCUT2D eigenvalue weighted by atomic mass is 19.1. The van der Waals surface area contributed by atoms with Crippen molar-refractivity contribution in [3.63, 3.8) is 0 Å². The Labute approximate surface area is 152 Å². The van der Waals surface area contributed by atoms with Crippen LogP contribution in [0, 0.1) is 5.82 Å². The van der Waals surface area contributed by atoms with Crippen LogP contribution in [0.5, 0.6) is 5.75 Å². The van der Waals surface area contributed by atoms with Gasteiger partial charge in [0.25, 0.3) is 5.91 Å². The molecule has 138 valence electrons. The smallest absolute Gasteiger partial charge is 0.260 e. The molecule has 6 heteroatoms. The van der Waals surface area contributed by atoms with E-state index in [1.54, 1.807) is 29.2 Å². The summed E-state index contributed by atoms with van der Waals surface area (Å²) < 4.78 is 24.4. The third-order valence-electron chi connectivity index (χ3n) is 4.43. The number of benzene rings is 2. The van der Waals surface area contributed by atoms with Crippen LogP contribution in [0.4, 0.5) is 4.39 Å². The van der Waals surface area contributed by atoms with E-state index in [-0.39, 0.29) is 31.5 Å². The molecule has 0 bridgehead atoms. The van der Waals surface area contributed by atoms with E-state index in [0.29, 0.717) is 25.3 Å². The number of ether oxygens (including phenoxy) is 2. The molecule has 1 aliphatic heterocycles. The number of hydrogen-bond acceptors (Lipinski definition) is 4. The van der Waals surface area contributed by atoms with Crippen molar-refractivity contribution in [3.05, 3.63) is 66.0 Å². The number of hydrogen-bond donors (Lipinski definition) is 1. The van der Waals surface area contributed by atoms with Crippen LogP contribution in [0.3, 0.4) is 0 Å². The van der Waals surface area contributed by atoms with E-state index in [1.165, 1.54) is 12.1 Å². The number of aliphatic hydroxyl groups is 1. The molecule has 1 atom stereocenters. The first kappa shape index (κ1) is 18.4. The normalized spacial score (nSPS) is 20.0. The second-order valence-electron chi connectivity index (χ2n) is 6.41. The maximum atomic E-state index is 13.1. The number of carbonyl (C=O) groups excluding carboxylic acids is 1. The predicted octanol–water partition coefficient (Wildman–Crippen LogP) is 2.04. The van der Waals surface area contributed by atoms with Gasteiger partial charge in [0, 0.05) is 13.0 Å². The Morgan fingerprint density at radius 3 is 2.62 bits per heavy atom. The van der Waals surface area contributed by atoms with Gasteiger partial charge in [-0.3, -0.25) is 4.79 Å². The molecule has 1 N–H and O–H groups in total. The summed E-state index contributed by atoms with van der Waals surface area (Å²) in [6, 6.07) is 15.2. The second kappa shape index (κ2) is 8.29. The topological polar surface area (TPSA) is 59.0 Å². The lowest BCUT2D eigenvalue weighted by atomic mass is 9.93. The average Bonchev–Trinajstić information content (AvgIpc) is 2.69. The lowest BCUT2D eigenvalue weighted by Crippen LogP contribution is -2.57. The van der Waals surface area contributed by atoms with Gasteiger partial charge < -0.3 is 19.5 Å². The summed E-state index contributed by atoms with van der Waals surface area (Å²) in [6.07, 6.45) is 0.396. The van der Waals surface area contributed by atoms with Gasteiger partial charge in [0.05, 0.1) is 19.8 Å². The number of nitrogens with zero attached hydrogens (tertiary/aromatic N) is 1. The monoisotopic (exact) mass is 359 g/mol. The standard InChI is InChI=1S/C20H22FNO4/c21-17-8-6-16(7-9-17)12-20(15-23)14-22(10-11-26-20)19(24)13-25-18-4-2-1-3-5-18/h1-9,23H,10-15H2/t20-/m0/s1. The number of carbonyl (C=O) groups is 1. The fourth-order valence-corrected chi connectivity index (χ4v) is 3.04. The molecule has 0 saturated carbocycles. The average molecular weight is 359 g/mol. The van der Waals surface area contributed by atoms with Crippen LogP contribution in [0.2, 0.25) is 0 Å². The number of rotatable bonds is 6. The number of amides is 1. The lowest BCUT2D eigenvalue weighted by molar-refractivity contribution is -0.159. The number of para-hydroxylation sites is 1. The molecular formula is C20H22FNO4. The third kappa shape index (κ3) is 4.59. The summed E-state index contributed by atoms with van der Waals surface area (Å²) in [6.45, 7) is 0.745. The van der Waals surface area contributed by atoms with Crippen LogP contribution in [-0.2, 0) is 16.0 Å². The summed E-state index contributed by atoms with van der Waals surface area (Å²) in [5.41, 5.74) is -0.0475. The highest BCUT2D eigenvalue weighted by Gasteiger charge is 2.38. The van der Waals surface area contributed by atoms with Gasteiger partial charge in [-0.1, -0.05) is 30.3 Å². The van der Waals surface area contributed by atoms with Gasteiger partial charge in [-0.05, 0) is 29.8 Å². The molecule has 26 heavy (non-hydrogen) atoms. The minimum atomic E-state index is -0.890. The van der Waals surface area contributed by atoms with Gasteiger partial charge in [-0.2, -0.15) is 0 Å². The summed E-state index contributed by atoms with van der Waals surface area (Å²) in [5, 5.41) is 9.90. The molecule has 1 heterocycles. The van der Waals surface area contributed by atoms with Gasteiger partial charge in [0.15, 0.2) is 6.61 Å². The minimum Gasteiger partial charge on any atom is -0.484 e. The van der Waals surface area contributed by atoms with E-state index >= 15 is 0 Å². The molecule has 1 amide bonds. The molecule has 0 aliphatic carbocycles. The maximum Gasteiger partial charge on any atom is 0.260 e. The zero-order valence-corrected chi connectivity index (χ0v) is 14.4. The molecule has 0 unspecified atom stereocenters. The molecule has 0 spiro atoms. The molecular weight excluding hydrogens is 337 g/mol. The minimum absolute atomic E-state index is 0.0674. The Kier molecular flexibility index (Phi) is 5.85. The van der Waals surface area contributed by atoms with Crippen molar-refractivity contribution in [1.82, 2.24) is 4.90 Å². The molecule has 3 rings (SSSR count). The first-order valence-electron chi connectivity index (χ1n) is 8.55. The Bertz CT molecular complexity index is 722. The van der Waals surface area contributed by atoms with Crippen molar-refractivity contribution >= 4 is 5.91 Å². The Hall–Kier alpha value is -2.44. The zero-order valence-electron chi connectivity index (χ0n) is 14.4. The Morgan fingerprint density at radius 1 is 1.19 bits per heavy atom. The van der Waals surface area contributed by atoms with Crippen LogP contribution in [0.25, 0.3) is 0 Å². The molecule has 1 saturated heterocycles. The molecule has 1 aliphatic rings. The Morgan fingerprint density at radius 2 is 1.92 bits per heavy atom. The van der Waals surface area contributed by atoms with Gasteiger partial charge in [0.1, 0.15) is 17.2 Å². The molecule has 0 radical (unpaired) electrons. The number of halogens is 1. The van der Waals surface area contributed by atoms with Crippen LogP contribution in [-0.4, -0.2) is 54.4 Å². The Balaban J connectivity index is 1.62. The van der Waals surface area contributed by atoms with Gasteiger partial charge >= 0.3 is 0 Å². The number of morpholine rings is 1. The van der Waals surface area contributed by atoms with Crippen LogP contribution < -0.4 is 4.74 Å². The third-order valence-corrected chi connectivity index (χ3v) is 4.43. The highest BCUT2D eigenvalue weighted by Crippen LogP contribution is 2.23. The van der Waals surface area contributed by atoms with Crippen LogP contribution in [0.15, 0.2) is 54.6 Å². The fraction of sp³-hybridized carbons (Fsp3) is 0.350. The molecule has 5 nitrogen and oxygen atoms in total. The summed E-state index contributed by atoms with van der Waals surface area (Å²) in [4.78, 5) is 14.1. The quantitative estimate of drug-likeness (QED) is 0.858. The largest absolute Gasteiger partial charge is 0.484 e. The molecule has 2 aromatic carbocycles. The summed E-state index contributed by atoms with van der Waals surface area (Å²) in [5.74, 6) is 0.161. The lowest BCUT2D eigenvalue weighted by Gasteiger charge is -2.41. The molecule has 2 aromatic rings. The summed E-state index contributed by atoms with van der Waals surface area (Å²) in [7, 11) is 0. The van der Waals surface area contributed by atoms with Crippen molar-refractivity contribution in [2.75, 3.05) is 32.9 Å². The first-order chi connectivity index (χ1) is 12.6. The predicted molar refractivity (Wildman–Crippen MR) is 94.4 cm³/mol. The maximum absolute atomic E-state index is 13.1. The van der Waals surface area contributed by atoms with E-state index in [1.807, 2.05) is 18.2 Å². The number of aliphatic hydroxyl groups excluding tert-OH is 1. The SMILES string of the molecule is O=C(COc1ccccc1)N1CCO[C@@](CO)(Cc2ccc(F)cc2)C1. The van der Waals surface area contributed by atoms with Gasteiger partial charge in [-0.25, -0.2) is 4.39 Å².